The molecule has 0 radical (unpaired) electrons. The molecule has 66 valence electrons. The molecular weight excluding hydrogens is 136 g/mol. The molecule has 0 aromatic carbocycles. The fourth-order valence-electron chi connectivity index (χ4n) is 1.13. The monoisotopic (exact) mass is 156 g/mol. The van der Waals surface area contributed by atoms with Crippen LogP contribution in [0.4, 0.5) is 0 Å². The fraction of sp³-hybridized carbons (Fsp3) is 0.800. The Kier molecular flexibility index (Phi) is 5.01. The minimum atomic E-state index is 0.356. The zero-order chi connectivity index (χ0) is 8.74. The largest absolute Gasteiger partial charge is 0.516 e. The van der Waals surface area contributed by atoms with Gasteiger partial charge in [-0.2, -0.15) is 0 Å². The van der Waals surface area contributed by atoms with Crippen molar-refractivity contribution < 1.29 is 5.11 Å². The zero-order valence-corrected chi connectivity index (χ0v) is 7.93. The van der Waals surface area contributed by atoms with E-state index >= 15 is 0 Å². The minimum Gasteiger partial charge on any atom is -0.516 e. The summed E-state index contributed by atoms with van der Waals surface area (Å²) in [7, 11) is 0. The van der Waals surface area contributed by atoms with Gasteiger partial charge in [0, 0.05) is 0 Å². The lowest BCUT2D eigenvalue weighted by atomic mass is 9.84. The summed E-state index contributed by atoms with van der Waals surface area (Å²) < 4.78 is 0. The quantitative estimate of drug-likeness (QED) is 0.602. The number of aliphatic hydroxyl groups excluding tert-OH is 1. The number of hydrogen-bond donors (Lipinski definition) is 1. The summed E-state index contributed by atoms with van der Waals surface area (Å²) in [5.74, 6) is 0. The molecule has 0 unspecified atom stereocenters. The highest BCUT2D eigenvalue weighted by atomic mass is 16.2. The Hall–Kier alpha value is -0.460. The molecule has 0 atom stereocenters. The molecule has 0 aliphatic carbocycles. The van der Waals surface area contributed by atoms with Crippen LogP contribution in [-0.4, -0.2) is 5.11 Å². The van der Waals surface area contributed by atoms with Gasteiger partial charge in [0.15, 0.2) is 0 Å². The SMILES string of the molecule is CCCCC(C)(C)C/C=C/O. The van der Waals surface area contributed by atoms with Crippen LogP contribution >= 0.6 is 0 Å². The Balaban J connectivity index is 3.60. The maximum absolute atomic E-state index is 8.47. The van der Waals surface area contributed by atoms with E-state index in [2.05, 4.69) is 20.8 Å². The van der Waals surface area contributed by atoms with Crippen molar-refractivity contribution in [2.45, 2.75) is 46.5 Å². The zero-order valence-electron chi connectivity index (χ0n) is 7.93. The normalized spacial score (nSPS) is 12.6. The van der Waals surface area contributed by atoms with Gasteiger partial charge in [0.05, 0.1) is 6.26 Å². The summed E-state index contributed by atoms with van der Waals surface area (Å²) in [5, 5.41) is 8.47. The van der Waals surface area contributed by atoms with Crippen LogP contribution in [0.25, 0.3) is 0 Å². The first-order chi connectivity index (χ1) is 5.12. The molecule has 0 aromatic heterocycles. The summed E-state index contributed by atoms with van der Waals surface area (Å²) in [5.41, 5.74) is 0.356. The van der Waals surface area contributed by atoms with E-state index in [0.717, 1.165) is 12.7 Å². The molecule has 1 nitrogen and oxygen atoms in total. The van der Waals surface area contributed by atoms with Gasteiger partial charge in [-0.15, -0.1) is 0 Å². The molecule has 0 spiro atoms. The highest BCUT2D eigenvalue weighted by Gasteiger charge is 2.14. The van der Waals surface area contributed by atoms with Crippen LogP contribution < -0.4 is 0 Å². The van der Waals surface area contributed by atoms with Crippen LogP contribution in [0, 0.1) is 5.41 Å². The number of unbranched alkanes of at least 4 members (excludes halogenated alkanes) is 1. The maximum atomic E-state index is 8.47. The first-order valence-electron chi connectivity index (χ1n) is 4.41. The summed E-state index contributed by atoms with van der Waals surface area (Å²) in [6, 6.07) is 0. The summed E-state index contributed by atoms with van der Waals surface area (Å²) in [6.07, 6.45) is 7.74. The average Bonchev–Trinajstić information content (AvgIpc) is 1.97. The number of hydrogen-bond acceptors (Lipinski definition) is 1. The van der Waals surface area contributed by atoms with Crippen molar-refractivity contribution in [3.8, 4) is 0 Å². The topological polar surface area (TPSA) is 20.2 Å². The lowest BCUT2D eigenvalue weighted by Crippen LogP contribution is -2.09. The van der Waals surface area contributed by atoms with Crippen molar-refractivity contribution in [3.63, 3.8) is 0 Å². The molecule has 0 bridgehead atoms. The second-order valence-electron chi connectivity index (χ2n) is 3.86. The van der Waals surface area contributed by atoms with Crippen molar-refractivity contribution in [1.82, 2.24) is 0 Å². The van der Waals surface area contributed by atoms with Crippen LogP contribution in [0.1, 0.15) is 46.5 Å². The molecule has 0 aliphatic rings. The van der Waals surface area contributed by atoms with E-state index in [1.165, 1.54) is 19.3 Å². The highest BCUT2D eigenvalue weighted by Crippen LogP contribution is 2.27. The smallest absolute Gasteiger partial charge is 0.0751 e. The Morgan fingerprint density at radius 3 is 2.45 bits per heavy atom. The second-order valence-corrected chi connectivity index (χ2v) is 3.86. The van der Waals surface area contributed by atoms with Crippen LogP contribution in [0.5, 0.6) is 0 Å². The van der Waals surface area contributed by atoms with Gasteiger partial charge in [-0.05, 0) is 24.3 Å². The molecule has 0 saturated carbocycles. The highest BCUT2D eigenvalue weighted by molar-refractivity contribution is 4.81. The molecule has 0 amide bonds. The van der Waals surface area contributed by atoms with Gasteiger partial charge in [-0.1, -0.05) is 33.6 Å². The Morgan fingerprint density at radius 1 is 1.36 bits per heavy atom. The van der Waals surface area contributed by atoms with Gasteiger partial charge in [-0.3, -0.25) is 0 Å². The Morgan fingerprint density at radius 2 is 2.00 bits per heavy atom. The van der Waals surface area contributed by atoms with Gasteiger partial charge in [0.25, 0.3) is 0 Å². The van der Waals surface area contributed by atoms with Gasteiger partial charge in [0.1, 0.15) is 0 Å². The van der Waals surface area contributed by atoms with E-state index in [1.54, 1.807) is 0 Å². The van der Waals surface area contributed by atoms with Crippen molar-refractivity contribution in [3.05, 3.63) is 12.3 Å². The van der Waals surface area contributed by atoms with Crippen LogP contribution in [0.15, 0.2) is 12.3 Å². The third-order valence-electron chi connectivity index (χ3n) is 1.98. The molecular formula is C10H20O. The average molecular weight is 156 g/mol. The summed E-state index contributed by atoms with van der Waals surface area (Å²) >= 11 is 0. The summed E-state index contributed by atoms with van der Waals surface area (Å²) in [4.78, 5) is 0. The van der Waals surface area contributed by atoms with Crippen molar-refractivity contribution in [1.29, 1.82) is 0 Å². The van der Waals surface area contributed by atoms with Crippen LogP contribution in [-0.2, 0) is 0 Å². The fourth-order valence-corrected chi connectivity index (χ4v) is 1.13. The molecule has 0 heterocycles. The Bertz CT molecular complexity index is 114. The third kappa shape index (κ3) is 5.96. The molecule has 0 fully saturated rings. The molecule has 0 rings (SSSR count). The van der Waals surface area contributed by atoms with Gasteiger partial charge >= 0.3 is 0 Å². The molecule has 1 N–H and O–H groups in total. The van der Waals surface area contributed by atoms with Crippen molar-refractivity contribution in [2.75, 3.05) is 0 Å². The van der Waals surface area contributed by atoms with Gasteiger partial charge < -0.3 is 5.11 Å². The van der Waals surface area contributed by atoms with Crippen molar-refractivity contribution in [2.24, 2.45) is 5.41 Å². The number of aliphatic hydroxyl groups is 1. The molecule has 0 aromatic rings. The third-order valence-corrected chi connectivity index (χ3v) is 1.98. The predicted molar refractivity (Wildman–Crippen MR) is 49.7 cm³/mol. The van der Waals surface area contributed by atoms with Crippen LogP contribution in [0.3, 0.4) is 0 Å². The van der Waals surface area contributed by atoms with E-state index in [0.29, 0.717) is 5.41 Å². The second kappa shape index (κ2) is 5.22. The molecule has 11 heavy (non-hydrogen) atoms. The van der Waals surface area contributed by atoms with E-state index in [4.69, 9.17) is 5.11 Å². The maximum Gasteiger partial charge on any atom is 0.0751 e. The number of allylic oxidation sites excluding steroid dienone is 1. The molecule has 1 heteroatoms. The van der Waals surface area contributed by atoms with Crippen LogP contribution in [0.2, 0.25) is 0 Å². The minimum absolute atomic E-state index is 0.356. The van der Waals surface area contributed by atoms with Gasteiger partial charge in [-0.25, -0.2) is 0 Å². The first kappa shape index (κ1) is 10.5. The lowest BCUT2D eigenvalue weighted by molar-refractivity contribution is 0.324. The molecule has 0 saturated heterocycles. The standard InChI is InChI=1S/C10H20O/c1-4-5-7-10(2,3)8-6-9-11/h6,9,11H,4-5,7-8H2,1-3H3/b9-6+. The first-order valence-corrected chi connectivity index (χ1v) is 4.41. The Labute approximate surface area is 70.1 Å². The lowest BCUT2D eigenvalue weighted by Gasteiger charge is -2.21. The van der Waals surface area contributed by atoms with E-state index < -0.39 is 0 Å². The van der Waals surface area contributed by atoms with E-state index in [9.17, 15) is 0 Å². The van der Waals surface area contributed by atoms with Gasteiger partial charge in [0.2, 0.25) is 0 Å². The number of rotatable bonds is 5. The molecule has 0 aliphatic heterocycles. The summed E-state index contributed by atoms with van der Waals surface area (Å²) in [6.45, 7) is 6.68. The predicted octanol–water partition coefficient (Wildman–Crippen LogP) is 3.66. The van der Waals surface area contributed by atoms with E-state index in [1.807, 2.05) is 6.08 Å². The van der Waals surface area contributed by atoms with Crippen molar-refractivity contribution >= 4 is 0 Å². The van der Waals surface area contributed by atoms with E-state index in [-0.39, 0.29) is 0 Å².